The fourth-order valence-corrected chi connectivity index (χ4v) is 0.661. The summed E-state index contributed by atoms with van der Waals surface area (Å²) in [4.78, 5) is 13.9. The first-order valence-electron chi connectivity index (χ1n) is 2.82. The fraction of sp³-hybridized carbons (Fsp3) is 0. The number of nitrogens with zero attached hydrogens (tertiary/aromatic N) is 1. The number of hydrogen-bond donors (Lipinski definition) is 2. The molecule has 1 aromatic heterocycles. The quantitative estimate of drug-likeness (QED) is 0.594. The highest BCUT2D eigenvalue weighted by Gasteiger charge is 2.06. The summed E-state index contributed by atoms with van der Waals surface area (Å²) in [5.74, 6) is -1.35. The molecule has 11 heavy (non-hydrogen) atoms. The van der Waals surface area contributed by atoms with Gasteiger partial charge in [-0.15, -0.1) is 0 Å². The summed E-state index contributed by atoms with van der Waals surface area (Å²) < 4.78 is 12.3. The normalized spacial score (nSPS) is 9.55. The Kier molecular flexibility index (Phi) is 1.72. The molecule has 0 saturated heterocycles. The van der Waals surface area contributed by atoms with Gasteiger partial charge in [-0.2, -0.15) is 0 Å². The number of nitrogens with two attached hydrogens (primary N) is 2. The van der Waals surface area contributed by atoms with Gasteiger partial charge >= 0.3 is 0 Å². The highest BCUT2D eigenvalue weighted by molar-refractivity contribution is 5.95. The highest BCUT2D eigenvalue weighted by atomic mass is 19.1. The van der Waals surface area contributed by atoms with Crippen LogP contribution in [0.15, 0.2) is 12.3 Å². The zero-order valence-corrected chi connectivity index (χ0v) is 5.54. The van der Waals surface area contributed by atoms with Crippen molar-refractivity contribution in [1.82, 2.24) is 4.98 Å². The van der Waals surface area contributed by atoms with Gasteiger partial charge in [0, 0.05) is 6.07 Å². The topological polar surface area (TPSA) is 82.0 Å². The van der Waals surface area contributed by atoms with E-state index in [1.165, 1.54) is 0 Å². The van der Waals surface area contributed by atoms with Crippen LogP contribution in [0.5, 0.6) is 0 Å². The molecule has 0 aliphatic carbocycles. The number of anilines is 1. The molecule has 0 aromatic carbocycles. The van der Waals surface area contributed by atoms with Crippen LogP contribution >= 0.6 is 0 Å². The Bertz CT molecular complexity index is 300. The molecule has 1 amide bonds. The Labute approximate surface area is 62.0 Å². The number of nitrogen functional groups attached to an aromatic ring is 1. The maximum absolute atomic E-state index is 12.3. The molecule has 1 rings (SSSR count). The largest absolute Gasteiger partial charge is 0.397 e. The van der Waals surface area contributed by atoms with E-state index >= 15 is 0 Å². The number of hydrogen-bond acceptors (Lipinski definition) is 3. The number of halogens is 1. The Morgan fingerprint density at radius 2 is 2.27 bits per heavy atom. The van der Waals surface area contributed by atoms with E-state index in [2.05, 4.69) is 4.98 Å². The van der Waals surface area contributed by atoms with Crippen LogP contribution in [0, 0.1) is 5.82 Å². The van der Waals surface area contributed by atoms with Crippen LogP contribution in [0.3, 0.4) is 0 Å². The molecule has 0 saturated carbocycles. The maximum atomic E-state index is 12.3. The molecule has 0 radical (unpaired) electrons. The Balaban J connectivity index is 3.20. The van der Waals surface area contributed by atoms with Crippen LogP contribution < -0.4 is 11.5 Å². The van der Waals surface area contributed by atoms with Crippen molar-refractivity contribution in [3.63, 3.8) is 0 Å². The minimum atomic E-state index is -0.762. The lowest BCUT2D eigenvalue weighted by atomic mass is 10.3. The minimum Gasteiger partial charge on any atom is -0.397 e. The molecule has 0 aliphatic heterocycles. The summed E-state index contributed by atoms with van der Waals surface area (Å²) in [6.45, 7) is 0. The van der Waals surface area contributed by atoms with E-state index in [1.54, 1.807) is 0 Å². The van der Waals surface area contributed by atoms with Crippen molar-refractivity contribution >= 4 is 11.6 Å². The third-order valence-electron chi connectivity index (χ3n) is 1.12. The molecule has 1 aromatic rings. The van der Waals surface area contributed by atoms with E-state index in [0.29, 0.717) is 0 Å². The van der Waals surface area contributed by atoms with Crippen molar-refractivity contribution in [2.75, 3.05) is 5.73 Å². The van der Waals surface area contributed by atoms with Gasteiger partial charge in [-0.05, 0) is 0 Å². The van der Waals surface area contributed by atoms with Crippen LogP contribution in [-0.2, 0) is 0 Å². The summed E-state index contributed by atoms with van der Waals surface area (Å²) in [6, 6.07) is 0.993. The summed E-state index contributed by atoms with van der Waals surface area (Å²) in [7, 11) is 0. The van der Waals surface area contributed by atoms with Crippen molar-refractivity contribution < 1.29 is 9.18 Å². The molecule has 0 atom stereocenters. The van der Waals surface area contributed by atoms with Gasteiger partial charge in [-0.1, -0.05) is 0 Å². The Morgan fingerprint density at radius 1 is 1.64 bits per heavy atom. The molecule has 1 heterocycles. The molecule has 5 heteroatoms. The predicted octanol–water partition coefficient (Wildman–Crippen LogP) is -0.0982. The number of amides is 1. The average Bonchev–Trinajstić information content (AvgIpc) is 1.85. The zero-order chi connectivity index (χ0) is 8.43. The SMILES string of the molecule is NC(=O)c1ncc(F)cc1N. The van der Waals surface area contributed by atoms with E-state index in [1.807, 2.05) is 0 Å². The molecule has 0 aliphatic rings. The number of carbonyl (C=O) groups excluding carboxylic acids is 1. The lowest BCUT2D eigenvalue weighted by Crippen LogP contribution is -2.15. The number of primary amides is 1. The first-order valence-corrected chi connectivity index (χ1v) is 2.82. The van der Waals surface area contributed by atoms with Gasteiger partial charge in [-0.3, -0.25) is 4.79 Å². The van der Waals surface area contributed by atoms with Crippen LogP contribution in [0.2, 0.25) is 0 Å². The minimum absolute atomic E-state index is 0.0440. The molecular formula is C6H6FN3O. The second-order valence-corrected chi connectivity index (χ2v) is 1.96. The highest BCUT2D eigenvalue weighted by Crippen LogP contribution is 2.08. The number of aromatic nitrogens is 1. The van der Waals surface area contributed by atoms with Crippen LogP contribution in [-0.4, -0.2) is 10.9 Å². The third-order valence-corrected chi connectivity index (χ3v) is 1.12. The van der Waals surface area contributed by atoms with Crippen molar-refractivity contribution in [2.24, 2.45) is 5.73 Å². The molecule has 0 fully saturated rings. The van der Waals surface area contributed by atoms with Gasteiger partial charge in [0.15, 0.2) is 5.69 Å². The summed E-state index contributed by atoms with van der Waals surface area (Å²) in [5, 5.41) is 0. The molecule has 0 unspecified atom stereocenters. The fourth-order valence-electron chi connectivity index (χ4n) is 0.661. The van der Waals surface area contributed by atoms with Gasteiger partial charge in [-0.25, -0.2) is 9.37 Å². The number of pyridine rings is 1. The molecule has 4 nitrogen and oxygen atoms in total. The first-order chi connectivity index (χ1) is 5.11. The van der Waals surface area contributed by atoms with E-state index < -0.39 is 11.7 Å². The number of carbonyl (C=O) groups is 1. The average molecular weight is 155 g/mol. The molecular weight excluding hydrogens is 149 g/mol. The van der Waals surface area contributed by atoms with Crippen molar-refractivity contribution in [3.8, 4) is 0 Å². The van der Waals surface area contributed by atoms with Crippen molar-refractivity contribution in [2.45, 2.75) is 0 Å². The summed E-state index contributed by atoms with van der Waals surface area (Å²) in [6.07, 6.45) is 0.885. The first kappa shape index (κ1) is 7.46. The third kappa shape index (κ3) is 1.43. The van der Waals surface area contributed by atoms with Gasteiger partial charge in [0.1, 0.15) is 5.82 Å². The monoisotopic (exact) mass is 155 g/mol. The zero-order valence-electron chi connectivity index (χ0n) is 5.54. The lowest BCUT2D eigenvalue weighted by molar-refractivity contribution is 0.0996. The van der Waals surface area contributed by atoms with E-state index in [-0.39, 0.29) is 11.4 Å². The van der Waals surface area contributed by atoms with E-state index in [9.17, 15) is 9.18 Å². The van der Waals surface area contributed by atoms with E-state index in [0.717, 1.165) is 12.3 Å². The van der Waals surface area contributed by atoms with Crippen LogP contribution in [0.4, 0.5) is 10.1 Å². The lowest BCUT2D eigenvalue weighted by Gasteiger charge is -1.98. The van der Waals surface area contributed by atoms with Crippen LogP contribution in [0.1, 0.15) is 10.5 Å². The van der Waals surface area contributed by atoms with E-state index in [4.69, 9.17) is 11.5 Å². The molecule has 0 bridgehead atoms. The Hall–Kier alpha value is -1.65. The van der Waals surface area contributed by atoms with Crippen molar-refractivity contribution in [3.05, 3.63) is 23.8 Å². The van der Waals surface area contributed by atoms with Gasteiger partial charge < -0.3 is 11.5 Å². The second-order valence-electron chi connectivity index (χ2n) is 1.96. The smallest absolute Gasteiger partial charge is 0.269 e. The van der Waals surface area contributed by atoms with Crippen LogP contribution in [0.25, 0.3) is 0 Å². The number of rotatable bonds is 1. The standard InChI is InChI=1S/C6H6FN3O/c7-3-1-4(8)5(6(9)11)10-2-3/h1-2H,8H2,(H2,9,11). The molecule has 0 spiro atoms. The molecule has 4 N–H and O–H groups in total. The second kappa shape index (κ2) is 2.53. The summed E-state index contributed by atoms with van der Waals surface area (Å²) >= 11 is 0. The molecule has 58 valence electrons. The summed E-state index contributed by atoms with van der Waals surface area (Å²) in [5.41, 5.74) is 9.93. The Morgan fingerprint density at radius 3 is 2.73 bits per heavy atom. The van der Waals surface area contributed by atoms with Gasteiger partial charge in [0.2, 0.25) is 0 Å². The van der Waals surface area contributed by atoms with Gasteiger partial charge in [0.05, 0.1) is 11.9 Å². The van der Waals surface area contributed by atoms with Gasteiger partial charge in [0.25, 0.3) is 5.91 Å². The van der Waals surface area contributed by atoms with Crippen molar-refractivity contribution in [1.29, 1.82) is 0 Å². The predicted molar refractivity (Wildman–Crippen MR) is 37.1 cm³/mol. The maximum Gasteiger partial charge on any atom is 0.269 e.